The summed E-state index contributed by atoms with van der Waals surface area (Å²) in [5.74, 6) is -0.0653. The molecular formula is C19H15ClN4O2. The van der Waals surface area contributed by atoms with Gasteiger partial charge in [0.1, 0.15) is 12.7 Å². The smallest absolute Gasteiger partial charge is 0.291 e. The third-order valence-electron chi connectivity index (χ3n) is 4.19. The van der Waals surface area contributed by atoms with Gasteiger partial charge in [-0.1, -0.05) is 41.9 Å². The van der Waals surface area contributed by atoms with Crippen molar-refractivity contribution in [3.63, 3.8) is 0 Å². The summed E-state index contributed by atoms with van der Waals surface area (Å²) in [4.78, 5) is 16.7. The van der Waals surface area contributed by atoms with Crippen LogP contribution < -0.4 is 5.32 Å². The van der Waals surface area contributed by atoms with Crippen LogP contribution in [0.1, 0.15) is 21.7 Å². The molecule has 4 rings (SSSR count). The van der Waals surface area contributed by atoms with E-state index in [1.165, 1.54) is 6.33 Å². The maximum absolute atomic E-state index is 12.8. The van der Waals surface area contributed by atoms with E-state index >= 15 is 0 Å². The van der Waals surface area contributed by atoms with Gasteiger partial charge < -0.3 is 9.73 Å². The molecule has 0 bridgehead atoms. The Kier molecular flexibility index (Phi) is 4.18. The third kappa shape index (κ3) is 2.95. The molecule has 130 valence electrons. The average molecular weight is 367 g/mol. The molecule has 6 nitrogen and oxygen atoms in total. The number of aromatic nitrogens is 3. The van der Waals surface area contributed by atoms with E-state index in [0.29, 0.717) is 22.8 Å². The summed E-state index contributed by atoms with van der Waals surface area (Å²) in [6, 6.07) is 13.0. The molecule has 4 aromatic rings. The Morgan fingerprint density at radius 1 is 1.23 bits per heavy atom. The number of hydrogen-bond donors (Lipinski definition) is 1. The minimum Gasteiger partial charge on any atom is -0.449 e. The first-order chi connectivity index (χ1) is 12.6. The minimum atomic E-state index is -0.319. The number of fused-ring (bicyclic) bond motifs is 1. The number of benzene rings is 2. The second kappa shape index (κ2) is 6.65. The number of anilines is 1. The SMILES string of the molecule is Cc1c(C(=O)Nc2ccccc2Cn2cncn2)oc2c(Cl)cccc12. The molecular weight excluding hydrogens is 352 g/mol. The van der Waals surface area contributed by atoms with Crippen LogP contribution in [0.4, 0.5) is 5.69 Å². The predicted molar refractivity (Wildman–Crippen MR) is 99.5 cm³/mol. The molecule has 26 heavy (non-hydrogen) atoms. The van der Waals surface area contributed by atoms with Crippen molar-refractivity contribution in [1.29, 1.82) is 0 Å². The number of para-hydroxylation sites is 2. The number of furan rings is 1. The van der Waals surface area contributed by atoms with Gasteiger partial charge in [-0.3, -0.25) is 4.79 Å². The van der Waals surface area contributed by atoms with E-state index in [9.17, 15) is 4.79 Å². The number of halogens is 1. The van der Waals surface area contributed by atoms with Gasteiger partial charge >= 0.3 is 0 Å². The van der Waals surface area contributed by atoms with Crippen LogP contribution in [0.5, 0.6) is 0 Å². The number of amides is 1. The molecule has 0 saturated heterocycles. The van der Waals surface area contributed by atoms with Crippen LogP contribution in [0.3, 0.4) is 0 Å². The summed E-state index contributed by atoms with van der Waals surface area (Å²) < 4.78 is 7.43. The van der Waals surface area contributed by atoms with Gasteiger partial charge in [0.15, 0.2) is 11.3 Å². The average Bonchev–Trinajstić information content (AvgIpc) is 3.26. The number of aryl methyl sites for hydroxylation is 1. The van der Waals surface area contributed by atoms with Crippen molar-refractivity contribution < 1.29 is 9.21 Å². The number of rotatable bonds is 4. The van der Waals surface area contributed by atoms with Gasteiger partial charge in [-0.15, -0.1) is 0 Å². The standard InChI is InChI=1S/C19H15ClN4O2/c1-12-14-6-4-7-15(20)18(14)26-17(12)19(25)23-16-8-3-2-5-13(16)9-24-11-21-10-22-24/h2-8,10-11H,9H2,1H3,(H,23,25). The van der Waals surface area contributed by atoms with E-state index in [0.717, 1.165) is 16.5 Å². The Hall–Kier alpha value is -3.12. The molecule has 2 heterocycles. The summed E-state index contributed by atoms with van der Waals surface area (Å²) in [7, 11) is 0. The Morgan fingerprint density at radius 2 is 2.08 bits per heavy atom. The van der Waals surface area contributed by atoms with Crippen LogP contribution in [0.15, 0.2) is 59.5 Å². The molecule has 0 aliphatic carbocycles. The maximum atomic E-state index is 12.8. The highest BCUT2D eigenvalue weighted by atomic mass is 35.5. The first-order valence-electron chi connectivity index (χ1n) is 8.03. The van der Waals surface area contributed by atoms with E-state index in [2.05, 4.69) is 15.4 Å². The lowest BCUT2D eigenvalue weighted by molar-refractivity contribution is 0.0998. The highest BCUT2D eigenvalue weighted by Crippen LogP contribution is 2.31. The first kappa shape index (κ1) is 16.4. The molecule has 0 fully saturated rings. The van der Waals surface area contributed by atoms with E-state index in [4.69, 9.17) is 16.0 Å². The van der Waals surface area contributed by atoms with Crippen molar-refractivity contribution in [2.24, 2.45) is 0 Å². The molecule has 0 atom stereocenters. The second-order valence-electron chi connectivity index (χ2n) is 5.88. The van der Waals surface area contributed by atoms with Crippen LogP contribution in [0, 0.1) is 6.92 Å². The molecule has 0 aliphatic rings. The highest BCUT2D eigenvalue weighted by molar-refractivity contribution is 6.35. The lowest BCUT2D eigenvalue weighted by Crippen LogP contribution is -2.14. The van der Waals surface area contributed by atoms with E-state index in [-0.39, 0.29) is 11.7 Å². The van der Waals surface area contributed by atoms with Crippen molar-refractivity contribution in [2.75, 3.05) is 5.32 Å². The predicted octanol–water partition coefficient (Wildman–Crippen LogP) is 4.29. The van der Waals surface area contributed by atoms with Crippen LogP contribution in [0.25, 0.3) is 11.0 Å². The second-order valence-corrected chi connectivity index (χ2v) is 6.28. The largest absolute Gasteiger partial charge is 0.449 e. The fourth-order valence-electron chi connectivity index (χ4n) is 2.87. The van der Waals surface area contributed by atoms with Crippen molar-refractivity contribution >= 4 is 34.2 Å². The first-order valence-corrected chi connectivity index (χ1v) is 8.40. The van der Waals surface area contributed by atoms with Gasteiger partial charge in [0.2, 0.25) is 0 Å². The fraction of sp³-hybridized carbons (Fsp3) is 0.105. The number of carbonyl (C=O) groups is 1. The van der Waals surface area contributed by atoms with Crippen LogP contribution in [0.2, 0.25) is 5.02 Å². The molecule has 7 heteroatoms. The molecule has 0 aliphatic heterocycles. The van der Waals surface area contributed by atoms with Crippen molar-refractivity contribution in [3.05, 3.63) is 77.0 Å². The minimum absolute atomic E-state index is 0.253. The molecule has 0 saturated carbocycles. The molecule has 2 aromatic carbocycles. The Morgan fingerprint density at radius 3 is 2.85 bits per heavy atom. The lowest BCUT2D eigenvalue weighted by Gasteiger charge is -2.10. The van der Waals surface area contributed by atoms with Gasteiger partial charge in [-0.05, 0) is 24.6 Å². The van der Waals surface area contributed by atoms with Crippen LogP contribution in [-0.4, -0.2) is 20.7 Å². The lowest BCUT2D eigenvalue weighted by atomic mass is 10.1. The van der Waals surface area contributed by atoms with Crippen molar-refractivity contribution in [3.8, 4) is 0 Å². The third-order valence-corrected chi connectivity index (χ3v) is 4.48. The highest BCUT2D eigenvalue weighted by Gasteiger charge is 2.20. The van der Waals surface area contributed by atoms with E-state index < -0.39 is 0 Å². The van der Waals surface area contributed by atoms with Crippen molar-refractivity contribution in [1.82, 2.24) is 14.8 Å². The molecule has 0 unspecified atom stereocenters. The summed E-state index contributed by atoms with van der Waals surface area (Å²) in [5, 5.41) is 8.34. The molecule has 1 N–H and O–H groups in total. The van der Waals surface area contributed by atoms with Crippen LogP contribution >= 0.6 is 11.6 Å². The normalized spacial score (nSPS) is 11.0. The van der Waals surface area contributed by atoms with E-state index in [1.54, 1.807) is 17.1 Å². The summed E-state index contributed by atoms with van der Waals surface area (Å²) in [6.07, 6.45) is 3.10. The fourth-order valence-corrected chi connectivity index (χ4v) is 3.09. The number of carbonyl (C=O) groups excluding carboxylic acids is 1. The molecule has 0 radical (unpaired) electrons. The topological polar surface area (TPSA) is 73.0 Å². The summed E-state index contributed by atoms with van der Waals surface area (Å²) in [6.45, 7) is 2.35. The molecule has 1 amide bonds. The van der Waals surface area contributed by atoms with Gasteiger partial charge in [-0.25, -0.2) is 9.67 Å². The van der Waals surface area contributed by atoms with Gasteiger partial charge in [-0.2, -0.15) is 5.10 Å². The van der Waals surface area contributed by atoms with Gasteiger partial charge in [0.05, 0.1) is 11.6 Å². The van der Waals surface area contributed by atoms with E-state index in [1.807, 2.05) is 43.3 Å². The molecule has 0 spiro atoms. The zero-order chi connectivity index (χ0) is 18.1. The van der Waals surface area contributed by atoms with Crippen molar-refractivity contribution in [2.45, 2.75) is 13.5 Å². The zero-order valence-corrected chi connectivity index (χ0v) is 14.7. The summed E-state index contributed by atoms with van der Waals surface area (Å²) in [5.41, 5.74) is 2.89. The monoisotopic (exact) mass is 366 g/mol. The maximum Gasteiger partial charge on any atom is 0.291 e. The Bertz CT molecular complexity index is 1090. The zero-order valence-electron chi connectivity index (χ0n) is 13.9. The number of nitrogens with one attached hydrogen (secondary N) is 1. The quantitative estimate of drug-likeness (QED) is 0.584. The Balaban J connectivity index is 1.65. The van der Waals surface area contributed by atoms with Gasteiger partial charge in [0.25, 0.3) is 5.91 Å². The van der Waals surface area contributed by atoms with Crippen LogP contribution in [-0.2, 0) is 6.54 Å². The number of nitrogens with zero attached hydrogens (tertiary/aromatic N) is 3. The Labute approximate surface area is 154 Å². The molecule has 2 aromatic heterocycles. The number of hydrogen-bond acceptors (Lipinski definition) is 4. The van der Waals surface area contributed by atoms with Gasteiger partial charge in [0, 0.05) is 16.6 Å². The summed E-state index contributed by atoms with van der Waals surface area (Å²) >= 11 is 6.17.